The van der Waals surface area contributed by atoms with Crippen LogP contribution in [0.2, 0.25) is 0 Å². The van der Waals surface area contributed by atoms with Crippen LogP contribution in [-0.2, 0) is 25.3 Å². The fraction of sp³-hybridized carbons (Fsp3) is 0.429. The topological polar surface area (TPSA) is 30.7 Å². The van der Waals surface area contributed by atoms with Gasteiger partial charge in [-0.15, -0.1) is 21.8 Å². The maximum atomic E-state index is 5.90. The number of rotatable bonds is 3. The quantitative estimate of drug-likeness (QED) is 0.796. The van der Waals surface area contributed by atoms with E-state index < -0.39 is 0 Å². The summed E-state index contributed by atoms with van der Waals surface area (Å²) in [5.41, 5.74) is 2.89. The first-order chi connectivity index (χ1) is 8.83. The van der Waals surface area contributed by atoms with Crippen molar-refractivity contribution in [3.63, 3.8) is 0 Å². The van der Waals surface area contributed by atoms with E-state index in [2.05, 4.69) is 46.0 Å². The Balaban J connectivity index is 1.92. The Bertz CT molecular complexity index is 537. The first-order valence-corrected chi connectivity index (χ1v) is 6.91. The molecule has 0 N–H and O–H groups in total. The molecule has 94 valence electrons. The van der Waals surface area contributed by atoms with Gasteiger partial charge in [0.25, 0.3) is 0 Å². The average Bonchev–Trinajstić information content (AvgIpc) is 3.00. The van der Waals surface area contributed by atoms with Crippen molar-refractivity contribution in [1.29, 1.82) is 0 Å². The van der Waals surface area contributed by atoms with Gasteiger partial charge in [-0.1, -0.05) is 24.3 Å². The van der Waals surface area contributed by atoms with Gasteiger partial charge in [0.05, 0.1) is 5.88 Å². The van der Waals surface area contributed by atoms with Crippen molar-refractivity contribution >= 4 is 11.6 Å². The molecule has 2 aromatic rings. The highest BCUT2D eigenvalue weighted by atomic mass is 35.5. The number of aromatic nitrogens is 3. The van der Waals surface area contributed by atoms with Gasteiger partial charge in [0.2, 0.25) is 0 Å². The molecular weight excluding hydrogens is 246 g/mol. The highest BCUT2D eigenvalue weighted by Gasteiger charge is 2.27. The van der Waals surface area contributed by atoms with E-state index in [-0.39, 0.29) is 0 Å². The first kappa shape index (κ1) is 11.7. The summed E-state index contributed by atoms with van der Waals surface area (Å²) in [6.45, 7) is 3.00. The van der Waals surface area contributed by atoms with E-state index in [0.29, 0.717) is 11.8 Å². The summed E-state index contributed by atoms with van der Waals surface area (Å²) in [4.78, 5) is 0. The monoisotopic (exact) mass is 261 g/mol. The molecule has 0 saturated carbocycles. The summed E-state index contributed by atoms with van der Waals surface area (Å²) < 4.78 is 2.16. The maximum absolute atomic E-state index is 5.90. The number of hydrogen-bond donors (Lipinski definition) is 0. The maximum Gasteiger partial charge on any atom is 0.147 e. The number of fused-ring (bicyclic) bond motifs is 1. The van der Waals surface area contributed by atoms with E-state index in [4.69, 9.17) is 11.6 Å². The number of hydrogen-bond acceptors (Lipinski definition) is 2. The zero-order valence-corrected chi connectivity index (χ0v) is 11.2. The predicted molar refractivity (Wildman–Crippen MR) is 71.8 cm³/mol. The summed E-state index contributed by atoms with van der Waals surface area (Å²) in [6.07, 6.45) is 2.13. The van der Waals surface area contributed by atoms with Gasteiger partial charge in [0, 0.05) is 12.5 Å². The minimum Gasteiger partial charge on any atom is -0.314 e. The van der Waals surface area contributed by atoms with E-state index in [1.807, 2.05) is 0 Å². The molecule has 0 amide bonds. The SMILES string of the molecule is CCn1c(CCl)nnc1C1Cc2ccccc2C1. The molecule has 0 radical (unpaired) electrons. The van der Waals surface area contributed by atoms with E-state index in [0.717, 1.165) is 31.0 Å². The molecule has 0 atom stereocenters. The van der Waals surface area contributed by atoms with E-state index in [1.165, 1.54) is 11.1 Å². The Morgan fingerprint density at radius 2 is 1.89 bits per heavy atom. The number of nitrogens with zero attached hydrogens (tertiary/aromatic N) is 3. The minimum atomic E-state index is 0.431. The lowest BCUT2D eigenvalue weighted by Crippen LogP contribution is -2.10. The summed E-state index contributed by atoms with van der Waals surface area (Å²) in [6, 6.07) is 8.64. The molecule has 1 aliphatic carbocycles. The Kier molecular flexibility index (Phi) is 3.08. The van der Waals surface area contributed by atoms with Gasteiger partial charge in [-0.2, -0.15) is 0 Å². The predicted octanol–water partition coefficient (Wildman–Crippen LogP) is 2.92. The minimum absolute atomic E-state index is 0.431. The normalized spacial score (nSPS) is 15.0. The largest absolute Gasteiger partial charge is 0.314 e. The molecule has 18 heavy (non-hydrogen) atoms. The van der Waals surface area contributed by atoms with E-state index >= 15 is 0 Å². The molecule has 1 aromatic carbocycles. The van der Waals surface area contributed by atoms with Gasteiger partial charge >= 0.3 is 0 Å². The molecule has 0 fully saturated rings. The van der Waals surface area contributed by atoms with Crippen LogP contribution in [0.4, 0.5) is 0 Å². The van der Waals surface area contributed by atoms with Crippen molar-refractivity contribution in [2.75, 3.05) is 0 Å². The van der Waals surface area contributed by atoms with Crippen molar-refractivity contribution in [1.82, 2.24) is 14.8 Å². The molecule has 4 heteroatoms. The van der Waals surface area contributed by atoms with Gasteiger partial charge < -0.3 is 4.57 Å². The van der Waals surface area contributed by atoms with Crippen molar-refractivity contribution in [2.45, 2.75) is 38.1 Å². The highest BCUT2D eigenvalue weighted by molar-refractivity contribution is 6.16. The molecule has 0 spiro atoms. The molecule has 1 aromatic heterocycles. The molecular formula is C14H16ClN3. The Labute approximate surface area is 112 Å². The zero-order valence-electron chi connectivity index (χ0n) is 10.4. The lowest BCUT2D eigenvalue weighted by molar-refractivity contribution is 0.598. The van der Waals surface area contributed by atoms with Crippen LogP contribution in [0.3, 0.4) is 0 Å². The number of alkyl halides is 1. The van der Waals surface area contributed by atoms with Crippen LogP contribution in [0, 0.1) is 0 Å². The van der Waals surface area contributed by atoms with Crippen LogP contribution in [0.15, 0.2) is 24.3 Å². The van der Waals surface area contributed by atoms with Gasteiger partial charge in [-0.25, -0.2) is 0 Å². The number of halogens is 1. The Morgan fingerprint density at radius 1 is 1.22 bits per heavy atom. The summed E-state index contributed by atoms with van der Waals surface area (Å²) in [5, 5.41) is 8.55. The smallest absolute Gasteiger partial charge is 0.147 e. The van der Waals surface area contributed by atoms with Crippen molar-refractivity contribution < 1.29 is 0 Å². The second-order valence-corrected chi connectivity index (χ2v) is 4.99. The van der Waals surface area contributed by atoms with Gasteiger partial charge in [0.1, 0.15) is 11.6 Å². The van der Waals surface area contributed by atoms with E-state index in [1.54, 1.807) is 0 Å². The van der Waals surface area contributed by atoms with Gasteiger partial charge in [-0.3, -0.25) is 0 Å². The van der Waals surface area contributed by atoms with Gasteiger partial charge in [0.15, 0.2) is 0 Å². The fourth-order valence-electron chi connectivity index (χ4n) is 2.84. The second kappa shape index (κ2) is 4.73. The van der Waals surface area contributed by atoms with Crippen LogP contribution in [0.1, 0.15) is 35.6 Å². The first-order valence-electron chi connectivity index (χ1n) is 6.38. The highest BCUT2D eigenvalue weighted by Crippen LogP contribution is 2.33. The molecule has 0 bridgehead atoms. The summed E-state index contributed by atoms with van der Waals surface area (Å²) in [7, 11) is 0. The van der Waals surface area contributed by atoms with Gasteiger partial charge in [-0.05, 0) is 30.9 Å². The van der Waals surface area contributed by atoms with Crippen LogP contribution in [0.5, 0.6) is 0 Å². The summed E-state index contributed by atoms with van der Waals surface area (Å²) >= 11 is 5.90. The Morgan fingerprint density at radius 3 is 2.44 bits per heavy atom. The zero-order chi connectivity index (χ0) is 12.5. The van der Waals surface area contributed by atoms with Crippen molar-refractivity contribution in [2.24, 2.45) is 0 Å². The number of benzene rings is 1. The molecule has 1 aliphatic rings. The lowest BCUT2D eigenvalue weighted by Gasteiger charge is -2.11. The van der Waals surface area contributed by atoms with Crippen LogP contribution < -0.4 is 0 Å². The average molecular weight is 262 g/mol. The van der Waals surface area contributed by atoms with Crippen LogP contribution in [-0.4, -0.2) is 14.8 Å². The second-order valence-electron chi connectivity index (χ2n) is 4.73. The molecule has 1 heterocycles. The third-order valence-electron chi connectivity index (χ3n) is 3.71. The van der Waals surface area contributed by atoms with Crippen molar-refractivity contribution in [3.05, 3.63) is 47.0 Å². The molecule has 0 unspecified atom stereocenters. The third kappa shape index (κ3) is 1.83. The molecule has 0 saturated heterocycles. The standard InChI is InChI=1S/C14H16ClN3/c1-2-18-13(9-15)16-17-14(18)12-7-10-5-3-4-6-11(10)8-12/h3-6,12H,2,7-9H2,1H3. The lowest BCUT2D eigenvalue weighted by atomic mass is 10.1. The fourth-order valence-corrected chi connectivity index (χ4v) is 3.03. The van der Waals surface area contributed by atoms with E-state index in [9.17, 15) is 0 Å². The molecule has 0 aliphatic heterocycles. The van der Waals surface area contributed by atoms with Crippen LogP contribution >= 0.6 is 11.6 Å². The third-order valence-corrected chi connectivity index (χ3v) is 3.95. The van der Waals surface area contributed by atoms with Crippen molar-refractivity contribution in [3.8, 4) is 0 Å². The Hall–Kier alpha value is -1.35. The summed E-state index contributed by atoms with van der Waals surface area (Å²) in [5.74, 6) is 2.85. The van der Waals surface area contributed by atoms with Crippen LogP contribution in [0.25, 0.3) is 0 Å². The molecule has 3 nitrogen and oxygen atoms in total. The molecule has 3 rings (SSSR count).